The molecule has 4 aliphatic rings. The molecule has 0 aromatic rings. The normalized spacial score (nSPS) is 33.0. The largest absolute Gasteiger partial charge is 0.340 e. The summed E-state index contributed by atoms with van der Waals surface area (Å²) in [5.41, 5.74) is 0. The second-order valence-electron chi connectivity index (χ2n) is 8.39. The maximum Gasteiger partial charge on any atom is 0.222 e. The Morgan fingerprint density at radius 3 is 2.24 bits per heavy atom. The molecular formula is C19H35Cl2N3O. The Morgan fingerprint density at radius 2 is 1.64 bits per heavy atom. The zero-order valence-corrected chi connectivity index (χ0v) is 17.0. The number of fused-ring (bicyclic) bond motifs is 2. The smallest absolute Gasteiger partial charge is 0.222 e. The standard InChI is InChI=1S/C19H33N3O.2ClH/c23-19(4-2-15-5-7-20-8-6-15)22-11-9-21(10-12-22)18-14-16-1-3-17(18)13-16;;/h15-18,20H,1-14H2;2*1H. The lowest BCUT2D eigenvalue weighted by Crippen LogP contribution is -2.53. The molecule has 0 aromatic carbocycles. The van der Waals surface area contributed by atoms with Gasteiger partial charge in [-0.25, -0.2) is 0 Å². The van der Waals surface area contributed by atoms with Crippen LogP contribution in [0, 0.1) is 17.8 Å². The highest BCUT2D eigenvalue weighted by molar-refractivity contribution is 5.85. The van der Waals surface area contributed by atoms with E-state index in [1.165, 1.54) is 38.5 Å². The summed E-state index contributed by atoms with van der Waals surface area (Å²) in [6, 6.07) is 0.848. The lowest BCUT2D eigenvalue weighted by atomic mass is 9.92. The lowest BCUT2D eigenvalue weighted by Gasteiger charge is -2.41. The SMILES string of the molecule is Cl.Cl.O=C(CCC1CCNCC1)N1CCN(C2CC3CCC2C3)CC1. The Hall–Kier alpha value is -0.0300. The van der Waals surface area contributed by atoms with E-state index in [4.69, 9.17) is 0 Å². The van der Waals surface area contributed by atoms with Gasteiger partial charge in [-0.15, -0.1) is 24.8 Å². The number of hydrogen-bond donors (Lipinski definition) is 1. The number of piperidine rings is 1. The van der Waals surface area contributed by atoms with Crippen molar-refractivity contribution in [1.29, 1.82) is 0 Å². The van der Waals surface area contributed by atoms with Crippen molar-refractivity contribution in [3.8, 4) is 0 Å². The van der Waals surface area contributed by atoms with E-state index in [9.17, 15) is 4.79 Å². The second-order valence-corrected chi connectivity index (χ2v) is 8.39. The zero-order valence-electron chi connectivity index (χ0n) is 15.3. The molecule has 1 amide bonds. The fourth-order valence-electron chi connectivity index (χ4n) is 5.62. The first-order chi connectivity index (χ1) is 11.3. The van der Waals surface area contributed by atoms with Crippen LogP contribution in [0.15, 0.2) is 0 Å². The third-order valence-corrected chi connectivity index (χ3v) is 7.06. The molecule has 3 unspecified atom stereocenters. The first-order valence-electron chi connectivity index (χ1n) is 10.0. The van der Waals surface area contributed by atoms with Gasteiger partial charge in [-0.3, -0.25) is 9.69 Å². The summed E-state index contributed by atoms with van der Waals surface area (Å²) in [6.07, 6.45) is 10.3. The molecule has 4 nitrogen and oxygen atoms in total. The van der Waals surface area contributed by atoms with E-state index in [0.717, 1.165) is 75.9 Å². The summed E-state index contributed by atoms with van der Waals surface area (Å²) >= 11 is 0. The molecular weight excluding hydrogens is 357 g/mol. The van der Waals surface area contributed by atoms with Crippen LogP contribution in [0.2, 0.25) is 0 Å². The molecule has 0 radical (unpaired) electrons. The zero-order chi connectivity index (χ0) is 15.6. The Labute approximate surface area is 165 Å². The summed E-state index contributed by atoms with van der Waals surface area (Å²) in [4.78, 5) is 17.3. The first kappa shape index (κ1) is 21.3. The van der Waals surface area contributed by atoms with Crippen LogP contribution in [0.3, 0.4) is 0 Å². The number of piperazine rings is 1. The van der Waals surface area contributed by atoms with Crippen molar-refractivity contribution >= 4 is 30.7 Å². The average molecular weight is 392 g/mol. The van der Waals surface area contributed by atoms with E-state index in [1.807, 2.05) is 0 Å². The van der Waals surface area contributed by atoms with Crippen LogP contribution in [-0.4, -0.2) is 61.0 Å². The summed E-state index contributed by atoms with van der Waals surface area (Å²) < 4.78 is 0. The van der Waals surface area contributed by atoms with Crippen LogP contribution < -0.4 is 5.32 Å². The van der Waals surface area contributed by atoms with Gasteiger partial charge in [-0.05, 0) is 69.4 Å². The molecule has 2 heterocycles. The highest BCUT2D eigenvalue weighted by Crippen LogP contribution is 2.46. The number of halogens is 2. The predicted octanol–water partition coefficient (Wildman–Crippen LogP) is 2.94. The van der Waals surface area contributed by atoms with E-state index >= 15 is 0 Å². The molecule has 0 aromatic heterocycles. The molecule has 0 spiro atoms. The molecule has 4 fully saturated rings. The van der Waals surface area contributed by atoms with Gasteiger partial charge in [0.15, 0.2) is 0 Å². The van der Waals surface area contributed by atoms with Crippen molar-refractivity contribution < 1.29 is 4.79 Å². The topological polar surface area (TPSA) is 35.6 Å². The number of carbonyl (C=O) groups excluding carboxylic acids is 1. The Balaban J connectivity index is 0.00000113. The average Bonchev–Trinajstić information content (AvgIpc) is 3.24. The van der Waals surface area contributed by atoms with E-state index in [0.29, 0.717) is 5.91 Å². The highest BCUT2D eigenvalue weighted by Gasteiger charge is 2.42. The van der Waals surface area contributed by atoms with Crippen molar-refractivity contribution in [3.63, 3.8) is 0 Å². The van der Waals surface area contributed by atoms with E-state index < -0.39 is 0 Å². The lowest BCUT2D eigenvalue weighted by molar-refractivity contribution is -0.133. The monoisotopic (exact) mass is 391 g/mol. The molecule has 146 valence electrons. The third-order valence-electron chi connectivity index (χ3n) is 7.06. The maximum atomic E-state index is 12.5. The van der Waals surface area contributed by atoms with Gasteiger partial charge in [0.1, 0.15) is 0 Å². The Bertz CT molecular complexity index is 423. The number of rotatable bonds is 4. The molecule has 2 aliphatic heterocycles. The maximum absolute atomic E-state index is 12.5. The summed E-state index contributed by atoms with van der Waals surface area (Å²) in [7, 11) is 0. The van der Waals surface area contributed by atoms with Gasteiger partial charge in [0, 0.05) is 38.6 Å². The van der Waals surface area contributed by atoms with Gasteiger partial charge < -0.3 is 10.2 Å². The molecule has 6 heteroatoms. The highest BCUT2D eigenvalue weighted by atomic mass is 35.5. The van der Waals surface area contributed by atoms with Gasteiger partial charge in [0.2, 0.25) is 5.91 Å². The van der Waals surface area contributed by atoms with Crippen molar-refractivity contribution in [3.05, 3.63) is 0 Å². The molecule has 3 atom stereocenters. The minimum atomic E-state index is 0. The number of carbonyl (C=O) groups is 1. The summed E-state index contributed by atoms with van der Waals surface area (Å²) in [5.74, 6) is 3.18. The van der Waals surface area contributed by atoms with E-state index in [-0.39, 0.29) is 24.8 Å². The molecule has 4 rings (SSSR count). The first-order valence-corrected chi connectivity index (χ1v) is 10.0. The van der Waals surface area contributed by atoms with Gasteiger partial charge >= 0.3 is 0 Å². The number of nitrogens with zero attached hydrogens (tertiary/aromatic N) is 2. The molecule has 25 heavy (non-hydrogen) atoms. The predicted molar refractivity (Wildman–Crippen MR) is 107 cm³/mol. The van der Waals surface area contributed by atoms with Gasteiger partial charge in [-0.2, -0.15) is 0 Å². The van der Waals surface area contributed by atoms with Crippen LogP contribution in [0.25, 0.3) is 0 Å². The number of hydrogen-bond acceptors (Lipinski definition) is 3. The minimum Gasteiger partial charge on any atom is -0.340 e. The van der Waals surface area contributed by atoms with E-state index in [1.54, 1.807) is 0 Å². The number of nitrogens with one attached hydrogen (secondary N) is 1. The van der Waals surface area contributed by atoms with Gasteiger partial charge in [-0.1, -0.05) is 6.42 Å². The van der Waals surface area contributed by atoms with Crippen molar-refractivity contribution in [2.75, 3.05) is 39.3 Å². The second kappa shape index (κ2) is 9.77. The van der Waals surface area contributed by atoms with Crippen LogP contribution in [0.1, 0.15) is 51.4 Å². The van der Waals surface area contributed by atoms with Crippen molar-refractivity contribution in [1.82, 2.24) is 15.1 Å². The van der Waals surface area contributed by atoms with Crippen LogP contribution in [-0.2, 0) is 4.79 Å². The quantitative estimate of drug-likeness (QED) is 0.799. The molecule has 2 saturated carbocycles. The van der Waals surface area contributed by atoms with Gasteiger partial charge in [0.25, 0.3) is 0 Å². The summed E-state index contributed by atoms with van der Waals surface area (Å²) in [6.45, 7) is 6.46. The van der Waals surface area contributed by atoms with Gasteiger partial charge in [0.05, 0.1) is 0 Å². The third kappa shape index (κ3) is 5.03. The summed E-state index contributed by atoms with van der Waals surface area (Å²) in [5, 5.41) is 3.41. The Morgan fingerprint density at radius 1 is 0.920 bits per heavy atom. The molecule has 2 bridgehead atoms. The van der Waals surface area contributed by atoms with E-state index in [2.05, 4.69) is 15.1 Å². The van der Waals surface area contributed by atoms with Crippen LogP contribution in [0.4, 0.5) is 0 Å². The fourth-order valence-corrected chi connectivity index (χ4v) is 5.62. The molecule has 2 saturated heterocycles. The minimum absolute atomic E-state index is 0. The van der Waals surface area contributed by atoms with Crippen LogP contribution in [0.5, 0.6) is 0 Å². The van der Waals surface area contributed by atoms with Crippen molar-refractivity contribution in [2.24, 2.45) is 17.8 Å². The molecule has 1 N–H and O–H groups in total. The van der Waals surface area contributed by atoms with Crippen LogP contribution >= 0.6 is 24.8 Å². The molecule has 2 aliphatic carbocycles. The van der Waals surface area contributed by atoms with Crippen molar-refractivity contribution in [2.45, 2.75) is 57.4 Å². The fraction of sp³-hybridized carbons (Fsp3) is 0.947. The number of amides is 1. The Kier molecular flexibility index (Phi) is 8.32.